The number of hydrogen-bond donors (Lipinski definition) is 2. The molecular formula is C11H14N2O2. The second-order valence-corrected chi connectivity index (χ2v) is 3.52. The summed E-state index contributed by atoms with van der Waals surface area (Å²) in [6, 6.07) is 7.19. The van der Waals surface area contributed by atoms with Gasteiger partial charge < -0.3 is 15.6 Å². The lowest BCUT2D eigenvalue weighted by molar-refractivity contribution is 0.228. The lowest BCUT2D eigenvalue weighted by Gasteiger charge is -2.08. The fraction of sp³-hybridized carbons (Fsp3) is 0.364. The first-order chi connectivity index (χ1) is 7.29. The number of phenols is 1. The van der Waals surface area contributed by atoms with Gasteiger partial charge in [0.15, 0.2) is 5.90 Å². The number of benzene rings is 1. The smallest absolute Gasteiger partial charge is 0.188 e. The summed E-state index contributed by atoms with van der Waals surface area (Å²) in [6.07, 6.45) is 0.536. The molecule has 0 radical (unpaired) electrons. The molecule has 0 amide bonds. The van der Waals surface area contributed by atoms with E-state index < -0.39 is 0 Å². The predicted molar refractivity (Wildman–Crippen MR) is 58.0 cm³/mol. The van der Waals surface area contributed by atoms with E-state index in [1.807, 2.05) is 12.1 Å². The number of para-hydroxylation sites is 1. The molecule has 4 heteroatoms. The average Bonchev–Trinajstić information content (AvgIpc) is 2.69. The lowest BCUT2D eigenvalue weighted by atomic mass is 10.1. The molecule has 2 rings (SSSR count). The highest BCUT2D eigenvalue weighted by Crippen LogP contribution is 2.18. The van der Waals surface area contributed by atoms with Crippen LogP contribution in [0.15, 0.2) is 29.3 Å². The van der Waals surface area contributed by atoms with Crippen LogP contribution in [0.3, 0.4) is 0 Å². The summed E-state index contributed by atoms with van der Waals surface area (Å²) in [4.78, 5) is 4.23. The second kappa shape index (κ2) is 4.31. The molecule has 0 spiro atoms. The number of rotatable bonds is 3. The standard InChI is InChI=1S/C11H14N2O2/c12-6-9-7-13-11(15-9)5-8-3-1-2-4-10(8)14/h1-4,9,14H,5-7,12H2. The molecule has 4 nitrogen and oxygen atoms in total. The van der Waals surface area contributed by atoms with Gasteiger partial charge >= 0.3 is 0 Å². The van der Waals surface area contributed by atoms with Crippen LogP contribution in [0, 0.1) is 0 Å². The number of aliphatic imine (C=N–C) groups is 1. The van der Waals surface area contributed by atoms with Crippen molar-refractivity contribution in [1.82, 2.24) is 0 Å². The van der Waals surface area contributed by atoms with Gasteiger partial charge in [-0.15, -0.1) is 0 Å². The molecule has 3 N–H and O–H groups in total. The number of nitrogens with two attached hydrogens (primary N) is 1. The minimum Gasteiger partial charge on any atom is -0.508 e. The normalized spacial score (nSPS) is 19.8. The van der Waals surface area contributed by atoms with Gasteiger partial charge in [-0.2, -0.15) is 0 Å². The van der Waals surface area contributed by atoms with E-state index >= 15 is 0 Å². The summed E-state index contributed by atoms with van der Waals surface area (Å²) in [5, 5.41) is 9.56. The zero-order valence-electron chi connectivity index (χ0n) is 8.39. The monoisotopic (exact) mass is 206 g/mol. The lowest BCUT2D eigenvalue weighted by Crippen LogP contribution is -2.24. The molecule has 1 heterocycles. The summed E-state index contributed by atoms with van der Waals surface area (Å²) >= 11 is 0. The summed E-state index contributed by atoms with van der Waals surface area (Å²) in [6.45, 7) is 1.10. The molecule has 0 aliphatic carbocycles. The Labute approximate surface area is 88.4 Å². The minimum absolute atomic E-state index is 0.00542. The van der Waals surface area contributed by atoms with E-state index in [2.05, 4.69) is 4.99 Å². The Hall–Kier alpha value is -1.55. The Morgan fingerprint density at radius 1 is 1.47 bits per heavy atom. The second-order valence-electron chi connectivity index (χ2n) is 3.52. The predicted octanol–water partition coefficient (Wildman–Crippen LogP) is 0.691. The number of ether oxygens (including phenoxy) is 1. The van der Waals surface area contributed by atoms with Crippen molar-refractivity contribution >= 4 is 5.90 Å². The molecule has 0 bridgehead atoms. The van der Waals surface area contributed by atoms with E-state index in [0.717, 1.165) is 5.56 Å². The van der Waals surface area contributed by atoms with E-state index in [1.165, 1.54) is 0 Å². The van der Waals surface area contributed by atoms with E-state index in [-0.39, 0.29) is 11.9 Å². The summed E-state index contributed by atoms with van der Waals surface area (Å²) < 4.78 is 5.48. The Balaban J connectivity index is 2.02. The Bertz CT molecular complexity index is 377. The first kappa shape index (κ1) is 9.98. The van der Waals surface area contributed by atoms with Crippen molar-refractivity contribution in [3.05, 3.63) is 29.8 Å². The maximum atomic E-state index is 9.56. The maximum Gasteiger partial charge on any atom is 0.188 e. The van der Waals surface area contributed by atoms with Crippen LogP contribution in [0.1, 0.15) is 5.56 Å². The molecule has 1 aromatic rings. The van der Waals surface area contributed by atoms with Crippen molar-refractivity contribution in [3.63, 3.8) is 0 Å². The average molecular weight is 206 g/mol. The van der Waals surface area contributed by atoms with Crippen LogP contribution in [-0.4, -0.2) is 30.2 Å². The van der Waals surface area contributed by atoms with Gasteiger partial charge in [0.05, 0.1) is 13.0 Å². The molecule has 0 fully saturated rings. The zero-order chi connectivity index (χ0) is 10.7. The van der Waals surface area contributed by atoms with Gasteiger partial charge in [-0.1, -0.05) is 18.2 Å². The third-order valence-corrected chi connectivity index (χ3v) is 2.37. The molecule has 1 aromatic carbocycles. The van der Waals surface area contributed by atoms with E-state index in [9.17, 15) is 5.11 Å². The first-order valence-corrected chi connectivity index (χ1v) is 4.96. The van der Waals surface area contributed by atoms with Crippen LogP contribution in [0.2, 0.25) is 0 Å². The fourth-order valence-electron chi connectivity index (χ4n) is 1.51. The Morgan fingerprint density at radius 3 is 2.93 bits per heavy atom. The number of aromatic hydroxyl groups is 1. The molecule has 0 saturated heterocycles. The quantitative estimate of drug-likeness (QED) is 0.764. The van der Waals surface area contributed by atoms with E-state index in [1.54, 1.807) is 12.1 Å². The summed E-state index contributed by atoms with van der Waals surface area (Å²) in [5.41, 5.74) is 6.30. The molecule has 1 atom stereocenters. The van der Waals surface area contributed by atoms with Crippen LogP contribution in [0.5, 0.6) is 5.75 Å². The van der Waals surface area contributed by atoms with Crippen molar-refractivity contribution in [2.45, 2.75) is 12.5 Å². The molecule has 1 aliphatic heterocycles. The number of phenolic OH excluding ortho intramolecular Hbond substituents is 1. The van der Waals surface area contributed by atoms with E-state index in [0.29, 0.717) is 25.4 Å². The van der Waals surface area contributed by atoms with Gasteiger partial charge in [-0.25, -0.2) is 0 Å². The third-order valence-electron chi connectivity index (χ3n) is 2.37. The molecule has 1 unspecified atom stereocenters. The van der Waals surface area contributed by atoms with Gasteiger partial charge in [0.1, 0.15) is 11.9 Å². The maximum absolute atomic E-state index is 9.56. The molecule has 1 aliphatic rings. The van der Waals surface area contributed by atoms with E-state index in [4.69, 9.17) is 10.5 Å². The SMILES string of the molecule is NCC1CN=C(Cc2ccccc2O)O1. The first-order valence-electron chi connectivity index (χ1n) is 4.96. The van der Waals surface area contributed by atoms with Crippen LogP contribution >= 0.6 is 0 Å². The van der Waals surface area contributed by atoms with Gasteiger partial charge in [-0.3, -0.25) is 4.99 Å². The van der Waals surface area contributed by atoms with Crippen molar-refractivity contribution < 1.29 is 9.84 Å². The van der Waals surface area contributed by atoms with Crippen LogP contribution in [-0.2, 0) is 11.2 Å². The van der Waals surface area contributed by atoms with Gasteiger partial charge in [-0.05, 0) is 6.07 Å². The highest BCUT2D eigenvalue weighted by atomic mass is 16.5. The van der Waals surface area contributed by atoms with Crippen molar-refractivity contribution in [2.75, 3.05) is 13.1 Å². The van der Waals surface area contributed by atoms with Crippen molar-refractivity contribution in [1.29, 1.82) is 0 Å². The highest BCUT2D eigenvalue weighted by Gasteiger charge is 2.18. The molecule has 0 aromatic heterocycles. The molecule has 80 valence electrons. The number of hydrogen-bond acceptors (Lipinski definition) is 4. The molecule has 0 saturated carbocycles. The van der Waals surface area contributed by atoms with Crippen LogP contribution < -0.4 is 5.73 Å². The minimum atomic E-state index is 0.00542. The van der Waals surface area contributed by atoms with Crippen LogP contribution in [0.4, 0.5) is 0 Å². The van der Waals surface area contributed by atoms with Crippen molar-refractivity contribution in [2.24, 2.45) is 10.7 Å². The van der Waals surface area contributed by atoms with Crippen molar-refractivity contribution in [3.8, 4) is 5.75 Å². The van der Waals surface area contributed by atoms with Gasteiger partial charge in [0, 0.05) is 12.1 Å². The topological polar surface area (TPSA) is 67.8 Å². The summed E-state index contributed by atoms with van der Waals surface area (Å²) in [7, 11) is 0. The largest absolute Gasteiger partial charge is 0.508 e. The highest BCUT2D eigenvalue weighted by molar-refractivity contribution is 5.80. The fourth-order valence-corrected chi connectivity index (χ4v) is 1.51. The van der Waals surface area contributed by atoms with Gasteiger partial charge in [0.2, 0.25) is 0 Å². The van der Waals surface area contributed by atoms with Crippen LogP contribution in [0.25, 0.3) is 0 Å². The Morgan fingerprint density at radius 2 is 2.27 bits per heavy atom. The molecular weight excluding hydrogens is 192 g/mol. The summed E-state index contributed by atoms with van der Waals surface area (Å²) in [5.74, 6) is 0.937. The molecule has 15 heavy (non-hydrogen) atoms. The Kier molecular flexibility index (Phi) is 2.87. The third kappa shape index (κ3) is 2.27. The zero-order valence-corrected chi connectivity index (χ0v) is 8.39. The van der Waals surface area contributed by atoms with Gasteiger partial charge in [0.25, 0.3) is 0 Å². The number of nitrogens with zero attached hydrogens (tertiary/aromatic N) is 1.